The molecule has 4 atom stereocenters. The molecule has 2 aliphatic rings. The Morgan fingerprint density at radius 1 is 1.22 bits per heavy atom. The Morgan fingerprint density at radius 2 is 2.00 bits per heavy atom. The molecule has 4 heterocycles. The number of hydrogen-bond donors (Lipinski definition) is 1. The van der Waals surface area contributed by atoms with E-state index in [-0.39, 0.29) is 0 Å². The molecule has 0 radical (unpaired) electrons. The lowest BCUT2D eigenvalue weighted by molar-refractivity contribution is 0.0545. The van der Waals surface area contributed by atoms with Gasteiger partial charge in [0.15, 0.2) is 0 Å². The average Bonchev–Trinajstić information content (AvgIpc) is 3.42. The molecule has 0 spiro atoms. The second kappa shape index (κ2) is 6.28. The van der Waals surface area contributed by atoms with Gasteiger partial charge in [-0.2, -0.15) is 10.2 Å². The van der Waals surface area contributed by atoms with Gasteiger partial charge in [0.05, 0.1) is 35.5 Å². The first-order chi connectivity index (χ1) is 13.1. The number of aliphatic hydroxyl groups excluding tert-OH is 1. The third-order valence-electron chi connectivity index (χ3n) is 6.17. The van der Waals surface area contributed by atoms with Crippen molar-refractivity contribution in [2.45, 2.75) is 25.0 Å². The van der Waals surface area contributed by atoms with Crippen LogP contribution in [0.1, 0.15) is 24.5 Å². The van der Waals surface area contributed by atoms with Gasteiger partial charge in [0.2, 0.25) is 0 Å². The zero-order chi connectivity index (χ0) is 18.5. The Balaban J connectivity index is 1.46. The first-order valence-corrected chi connectivity index (χ1v) is 9.50. The minimum absolute atomic E-state index is 0.429. The summed E-state index contributed by atoms with van der Waals surface area (Å²) in [5.41, 5.74) is 4.15. The molecular formula is C20H24N6O. The van der Waals surface area contributed by atoms with Gasteiger partial charge in [-0.05, 0) is 36.8 Å². The average molecular weight is 364 g/mol. The van der Waals surface area contributed by atoms with E-state index in [0.29, 0.717) is 17.8 Å². The third kappa shape index (κ3) is 2.78. The van der Waals surface area contributed by atoms with Gasteiger partial charge in [0, 0.05) is 37.8 Å². The summed E-state index contributed by atoms with van der Waals surface area (Å²) in [4.78, 5) is 7.17. The van der Waals surface area contributed by atoms with E-state index in [0.717, 1.165) is 48.4 Å². The molecule has 2 fully saturated rings. The fourth-order valence-electron chi connectivity index (χ4n) is 4.87. The predicted octanol–water partition coefficient (Wildman–Crippen LogP) is 2.06. The zero-order valence-corrected chi connectivity index (χ0v) is 15.4. The first kappa shape index (κ1) is 16.6. The minimum atomic E-state index is -0.525. The Kier molecular flexibility index (Phi) is 3.87. The number of hydrogen-bond acceptors (Lipinski definition) is 5. The van der Waals surface area contributed by atoms with E-state index < -0.39 is 6.23 Å². The molecule has 3 aromatic heterocycles. The second-order valence-electron chi connectivity index (χ2n) is 7.87. The summed E-state index contributed by atoms with van der Waals surface area (Å²) in [6.07, 6.45) is 11.0. The van der Waals surface area contributed by atoms with Crippen molar-refractivity contribution in [2.75, 3.05) is 13.1 Å². The Morgan fingerprint density at radius 3 is 2.67 bits per heavy atom. The highest BCUT2D eigenvalue weighted by atomic mass is 16.3. The van der Waals surface area contributed by atoms with Crippen LogP contribution in [0.4, 0.5) is 0 Å². The molecule has 1 aliphatic heterocycles. The van der Waals surface area contributed by atoms with E-state index in [1.165, 1.54) is 0 Å². The molecule has 140 valence electrons. The normalized spacial score (nSPS) is 26.5. The van der Waals surface area contributed by atoms with E-state index in [1.807, 2.05) is 36.4 Å². The summed E-state index contributed by atoms with van der Waals surface area (Å²) in [5.74, 6) is 1.65. The molecule has 1 aliphatic carbocycles. The molecule has 0 aromatic carbocycles. The van der Waals surface area contributed by atoms with E-state index >= 15 is 0 Å². The molecule has 5 rings (SSSR count). The Hall–Kier alpha value is -2.51. The smallest absolute Gasteiger partial charge is 0.126 e. The molecule has 1 saturated carbocycles. The van der Waals surface area contributed by atoms with Gasteiger partial charge in [-0.15, -0.1) is 0 Å². The van der Waals surface area contributed by atoms with Crippen LogP contribution in [0, 0.1) is 11.8 Å². The highest BCUT2D eigenvalue weighted by molar-refractivity contribution is 5.62. The van der Waals surface area contributed by atoms with Crippen LogP contribution in [0.5, 0.6) is 0 Å². The molecule has 0 amide bonds. The maximum Gasteiger partial charge on any atom is 0.126 e. The standard InChI is InChI=1S/C20H24N6O/c1-3-19(27)25-10-14-6-13(7-15(14)11-25)20-18-4-5-21-26(18)12-17(23-20)16-8-22-24(2)9-16/h3-5,8-9,12-15,19,27H,1,6-7,10-11H2,2H3/t13?,14-,15+,19?. The van der Waals surface area contributed by atoms with Crippen LogP contribution in [-0.2, 0) is 7.05 Å². The number of fused-ring (bicyclic) bond motifs is 2. The molecule has 0 bridgehead atoms. The summed E-state index contributed by atoms with van der Waals surface area (Å²) in [6.45, 7) is 5.59. The minimum Gasteiger partial charge on any atom is -0.375 e. The van der Waals surface area contributed by atoms with E-state index in [4.69, 9.17) is 4.98 Å². The van der Waals surface area contributed by atoms with Crippen molar-refractivity contribution in [1.82, 2.24) is 29.3 Å². The van der Waals surface area contributed by atoms with Crippen LogP contribution >= 0.6 is 0 Å². The fraction of sp³-hybridized carbons (Fsp3) is 0.450. The first-order valence-electron chi connectivity index (χ1n) is 9.50. The number of aryl methyl sites for hydroxylation is 1. The van der Waals surface area contributed by atoms with Crippen molar-refractivity contribution in [3.05, 3.63) is 49.2 Å². The Labute approximate surface area is 157 Å². The van der Waals surface area contributed by atoms with Crippen molar-refractivity contribution < 1.29 is 5.11 Å². The van der Waals surface area contributed by atoms with Crippen LogP contribution in [0.25, 0.3) is 16.8 Å². The molecule has 1 saturated heterocycles. The molecular weight excluding hydrogens is 340 g/mol. The summed E-state index contributed by atoms with van der Waals surface area (Å²) < 4.78 is 3.73. The maximum atomic E-state index is 10.0. The monoisotopic (exact) mass is 364 g/mol. The van der Waals surface area contributed by atoms with Crippen LogP contribution in [0.2, 0.25) is 0 Å². The van der Waals surface area contributed by atoms with Gasteiger partial charge in [0.25, 0.3) is 0 Å². The molecule has 2 unspecified atom stereocenters. The topological polar surface area (TPSA) is 71.5 Å². The molecule has 7 nitrogen and oxygen atoms in total. The second-order valence-corrected chi connectivity index (χ2v) is 7.87. The van der Waals surface area contributed by atoms with Gasteiger partial charge in [0.1, 0.15) is 6.23 Å². The molecule has 3 aromatic rings. The number of aliphatic hydroxyl groups is 1. The lowest BCUT2D eigenvalue weighted by atomic mass is 10.00. The van der Waals surface area contributed by atoms with Crippen molar-refractivity contribution in [1.29, 1.82) is 0 Å². The summed E-state index contributed by atoms with van der Waals surface area (Å²) in [7, 11) is 1.92. The highest BCUT2D eigenvalue weighted by Gasteiger charge is 2.43. The molecule has 7 heteroatoms. The van der Waals surface area contributed by atoms with Gasteiger partial charge in [-0.1, -0.05) is 6.58 Å². The van der Waals surface area contributed by atoms with Gasteiger partial charge in [-0.3, -0.25) is 9.58 Å². The number of aromatic nitrogens is 5. The van der Waals surface area contributed by atoms with Gasteiger partial charge < -0.3 is 5.11 Å². The largest absolute Gasteiger partial charge is 0.375 e. The van der Waals surface area contributed by atoms with Crippen LogP contribution < -0.4 is 0 Å². The Bertz CT molecular complexity index is 977. The van der Waals surface area contributed by atoms with Gasteiger partial charge >= 0.3 is 0 Å². The van der Waals surface area contributed by atoms with E-state index in [2.05, 4.69) is 27.7 Å². The highest BCUT2D eigenvalue weighted by Crippen LogP contribution is 2.47. The van der Waals surface area contributed by atoms with Crippen LogP contribution in [0.15, 0.2) is 43.5 Å². The van der Waals surface area contributed by atoms with Crippen LogP contribution in [0.3, 0.4) is 0 Å². The summed E-state index contributed by atoms with van der Waals surface area (Å²) in [5, 5.41) is 18.8. The predicted molar refractivity (Wildman–Crippen MR) is 102 cm³/mol. The zero-order valence-electron chi connectivity index (χ0n) is 15.4. The van der Waals surface area contributed by atoms with E-state index in [1.54, 1.807) is 10.8 Å². The van der Waals surface area contributed by atoms with E-state index in [9.17, 15) is 5.11 Å². The fourth-order valence-corrected chi connectivity index (χ4v) is 4.87. The van der Waals surface area contributed by atoms with Gasteiger partial charge in [-0.25, -0.2) is 9.50 Å². The van der Waals surface area contributed by atoms with Crippen molar-refractivity contribution in [2.24, 2.45) is 18.9 Å². The number of likely N-dealkylation sites (tertiary alicyclic amines) is 1. The lowest BCUT2D eigenvalue weighted by Crippen LogP contribution is -2.32. The number of nitrogens with zero attached hydrogens (tertiary/aromatic N) is 6. The summed E-state index contributed by atoms with van der Waals surface area (Å²) >= 11 is 0. The van der Waals surface area contributed by atoms with Crippen molar-refractivity contribution >= 4 is 5.52 Å². The SMILES string of the molecule is C=CC(O)N1C[C@H]2CC(c3nc(-c4cnn(C)c4)cn4nccc34)C[C@H]2C1. The quantitative estimate of drug-likeness (QED) is 0.718. The maximum absolute atomic E-state index is 10.0. The number of rotatable bonds is 4. The third-order valence-corrected chi connectivity index (χ3v) is 6.17. The van der Waals surface area contributed by atoms with Crippen molar-refractivity contribution in [3.63, 3.8) is 0 Å². The van der Waals surface area contributed by atoms with Crippen molar-refractivity contribution in [3.8, 4) is 11.3 Å². The summed E-state index contributed by atoms with van der Waals surface area (Å²) in [6, 6.07) is 2.05. The lowest BCUT2D eigenvalue weighted by Gasteiger charge is -2.22. The molecule has 27 heavy (non-hydrogen) atoms. The van der Waals surface area contributed by atoms with Crippen LogP contribution in [-0.4, -0.2) is 53.7 Å². The molecule has 1 N–H and O–H groups in total.